The highest BCUT2D eigenvalue weighted by molar-refractivity contribution is 5.90. The number of aliphatic hydroxyl groups excluding tert-OH is 2. The van der Waals surface area contributed by atoms with E-state index in [9.17, 15) is 65.0 Å². The highest BCUT2D eigenvalue weighted by Crippen LogP contribution is 2.79. The van der Waals surface area contributed by atoms with Gasteiger partial charge in [0.1, 0.15) is 41.2 Å². The number of nitrogens with zero attached hydrogens (tertiary/aromatic N) is 3. The van der Waals surface area contributed by atoms with E-state index < -0.39 is 52.9 Å². The first-order chi connectivity index (χ1) is 52.2. The van der Waals surface area contributed by atoms with Crippen LogP contribution < -0.4 is 20.1 Å². The van der Waals surface area contributed by atoms with Gasteiger partial charge in [-0.3, -0.25) is 9.59 Å². The van der Waals surface area contributed by atoms with Crippen LogP contribution in [0.1, 0.15) is 253 Å². The zero-order chi connectivity index (χ0) is 80.4. The van der Waals surface area contributed by atoms with Gasteiger partial charge in [-0.25, -0.2) is 24.4 Å². The van der Waals surface area contributed by atoms with Crippen molar-refractivity contribution in [1.82, 2.24) is 20.6 Å². The van der Waals surface area contributed by atoms with Crippen molar-refractivity contribution < 1.29 is 69.2 Å². The number of β-amino-alcohol motifs (C(OH)–C–C–N with tert-alkyl or cyclic N) is 2. The molecule has 14 rings (SSSR count). The van der Waals surface area contributed by atoms with Gasteiger partial charge in [-0.15, -0.1) is 0 Å². The molecule has 2 heterocycles. The van der Waals surface area contributed by atoms with Crippen molar-refractivity contribution in [1.29, 1.82) is 5.26 Å². The topological polar surface area (TPSA) is 319 Å². The van der Waals surface area contributed by atoms with Crippen LogP contribution >= 0.6 is 0 Å². The molecule has 22 atom stereocenters. The van der Waals surface area contributed by atoms with Crippen LogP contribution in [0.2, 0.25) is 0 Å². The number of hydrogen-bond acceptors (Lipinski definition) is 14. The van der Waals surface area contributed by atoms with Crippen LogP contribution in [0, 0.1) is 125 Å². The van der Waals surface area contributed by atoms with Gasteiger partial charge in [0, 0.05) is 36.6 Å². The SMILES string of the molecule is C=C(C)[C@@H]1CC[C@]2(NC[C@@H](O)C(=O)O)CC[C@]3(C)[C@H](CC[C@@H]4[C@@]5(C)CC=C(C6=CC[C@](COc7ncccc7C#N)(C(=O)O)CC6)C(C)(C)[C@@H]5CC[C@]43C)[C@@H]12.C=C(C)[C@@H]1CC[C@]2(NC[C@@H](O)C(=O)O)CC[C@]3(C)[C@H](CC[C@@H]4[C@@]5(C)CC=C(C6=CC[C@](COc7ncccc7C(=O)O)(C(=O)O)CC6)C(C)(C)[C@@H]5CC[C@]43C)[C@@H]12. The third kappa shape index (κ3) is 13.1. The summed E-state index contributed by atoms with van der Waals surface area (Å²) in [6.45, 7) is 38.6. The van der Waals surface area contributed by atoms with E-state index in [0.29, 0.717) is 103 Å². The number of nitriles is 1. The predicted octanol–water partition coefficient (Wildman–Crippen LogP) is 16.8. The molecule has 19 nitrogen and oxygen atoms in total. The fourth-order valence-electron chi connectivity index (χ4n) is 28.7. The number of carboxylic acids is 5. The third-order valence-corrected chi connectivity index (χ3v) is 34.8. The average Bonchev–Trinajstić information content (AvgIpc) is 1.63. The molecule has 9 N–H and O–H groups in total. The Morgan fingerprint density at radius 2 is 0.928 bits per heavy atom. The maximum atomic E-state index is 12.8. The van der Waals surface area contributed by atoms with Crippen LogP contribution in [-0.2, 0) is 19.2 Å². The highest BCUT2D eigenvalue weighted by atomic mass is 16.5. The van der Waals surface area contributed by atoms with Crippen LogP contribution in [0.5, 0.6) is 11.8 Å². The highest BCUT2D eigenvalue weighted by Gasteiger charge is 2.73. The van der Waals surface area contributed by atoms with Crippen molar-refractivity contribution in [3.8, 4) is 17.8 Å². The zero-order valence-corrected chi connectivity index (χ0v) is 68.2. The number of fused-ring (bicyclic) bond motifs is 14. The molecular weight excluding hydrogens is 1400 g/mol. The van der Waals surface area contributed by atoms with E-state index in [2.05, 4.69) is 147 Å². The zero-order valence-electron chi connectivity index (χ0n) is 68.2. The Morgan fingerprint density at radius 3 is 1.31 bits per heavy atom. The summed E-state index contributed by atoms with van der Waals surface area (Å²) < 4.78 is 11.8. The lowest BCUT2D eigenvalue weighted by molar-refractivity contribution is -0.221. The molecule has 2 aromatic rings. The Hall–Kier alpha value is -6.98. The van der Waals surface area contributed by atoms with E-state index in [1.165, 1.54) is 71.0 Å². The summed E-state index contributed by atoms with van der Waals surface area (Å²) in [5.41, 5.74) is 5.94. The lowest BCUT2D eigenvalue weighted by Gasteiger charge is -2.72. The molecule has 0 bridgehead atoms. The van der Waals surface area contributed by atoms with Crippen LogP contribution in [0.3, 0.4) is 0 Å². The minimum atomic E-state index is -1.41. The van der Waals surface area contributed by atoms with E-state index in [0.717, 1.165) is 96.3 Å². The van der Waals surface area contributed by atoms with Gasteiger partial charge in [-0.2, -0.15) is 5.26 Å². The predicted molar refractivity (Wildman–Crippen MR) is 424 cm³/mol. The normalized spacial score (nSPS) is 40.6. The molecule has 111 heavy (non-hydrogen) atoms. The molecule has 0 aliphatic heterocycles. The number of carboxylic acid groups (broad SMARTS) is 5. The van der Waals surface area contributed by atoms with Crippen molar-refractivity contribution in [3.63, 3.8) is 0 Å². The number of pyridine rings is 2. The quantitative estimate of drug-likeness (QED) is 0.0524. The first-order valence-corrected chi connectivity index (χ1v) is 41.8. The number of nitrogens with one attached hydrogen (secondary N) is 2. The molecule has 8 fully saturated rings. The molecule has 2 aromatic heterocycles. The molecule has 12 aliphatic rings. The Labute approximate surface area is 658 Å². The van der Waals surface area contributed by atoms with Crippen LogP contribution in [0.4, 0.5) is 0 Å². The Bertz CT molecular complexity index is 4230. The number of aliphatic carboxylic acids is 4. The summed E-state index contributed by atoms with van der Waals surface area (Å²) in [6, 6.07) is 8.32. The summed E-state index contributed by atoms with van der Waals surface area (Å²) in [7, 11) is 0. The van der Waals surface area contributed by atoms with Crippen molar-refractivity contribution in [2.45, 2.75) is 260 Å². The molecule has 0 unspecified atom stereocenters. The van der Waals surface area contributed by atoms with Gasteiger partial charge in [0.25, 0.3) is 0 Å². The van der Waals surface area contributed by atoms with Gasteiger partial charge >= 0.3 is 29.8 Å². The fourth-order valence-corrected chi connectivity index (χ4v) is 28.7. The number of ether oxygens (including phenoxy) is 2. The van der Waals surface area contributed by atoms with Crippen LogP contribution in [-0.4, -0.2) is 125 Å². The van der Waals surface area contributed by atoms with Crippen LogP contribution in [0.25, 0.3) is 0 Å². The number of aromatic carboxylic acids is 1. The maximum absolute atomic E-state index is 12.8. The standard InChI is InChI=1S/C46H63N3O6.C46H64N2O8/c1-28(2)31-14-21-46(49-26-34(50)39(51)52)23-22-43(6)33(37(31)46)10-11-36-42(5)17-15-32(41(3,4)35(42)16-18-44(36,43)7)29-12-19-45(20-13-29,40(53)54)27-55-38-30(25-47)9-8-24-48-38;1-27(2)29-14-21-46(48-25-33(49)39(52)53)23-22-43(6)32(36(29)46)10-11-35-42(5)17-15-31(41(3,4)34(42)16-18-44(35,43)7)28-12-19-45(20-13-28,40(54)55)26-56-37-30(38(50)51)9-8-24-47-37/h8-9,12,15,24,31,33-37,49-50H,1,10-11,13-14,16-23,26-27H2,2-7H3,(H,51,52)(H,53,54);8-9,12,15,24,29,32-36,48-49H,1,10-11,13-14,16-23,25-26H2,2-7H3,(H,50,51)(H,52,53)(H,54,55)/t31-,33+,34+,35-,36+,37+,42-,43+,44+,45-,46-;29-,32+,33+,34-,35+,36+,42-,43+,44+,45-,46-/m00/s1. The number of rotatable bonds is 21. The summed E-state index contributed by atoms with van der Waals surface area (Å²) in [5, 5.41) is 86.9. The second kappa shape index (κ2) is 29.4. The number of carbonyl (C=O) groups is 5. The van der Waals surface area contributed by atoms with Crippen molar-refractivity contribution in [2.75, 3.05) is 26.3 Å². The summed E-state index contributed by atoms with van der Waals surface area (Å²) >= 11 is 0. The summed E-state index contributed by atoms with van der Waals surface area (Å²) in [5.74, 6) is -0.626. The van der Waals surface area contributed by atoms with Crippen LogP contribution in [0.15, 0.2) is 108 Å². The van der Waals surface area contributed by atoms with Crippen molar-refractivity contribution in [3.05, 3.63) is 119 Å². The first kappa shape index (κ1) is 82.0. The maximum Gasteiger partial charge on any atom is 0.341 e. The fraction of sp³-hybridized carbons (Fsp3) is 0.696. The van der Waals surface area contributed by atoms with E-state index in [1.807, 2.05) is 0 Å². The lowest BCUT2D eigenvalue weighted by Crippen LogP contribution is -2.68. The van der Waals surface area contributed by atoms with Gasteiger partial charge in [-0.1, -0.05) is 118 Å². The minimum Gasteiger partial charge on any atom is -0.481 e. The average molecular weight is 1530 g/mol. The molecule has 0 amide bonds. The van der Waals surface area contributed by atoms with E-state index in [-0.39, 0.29) is 98.0 Å². The molecule has 12 aliphatic carbocycles. The smallest absolute Gasteiger partial charge is 0.341 e. The largest absolute Gasteiger partial charge is 0.481 e. The van der Waals surface area contributed by atoms with E-state index in [4.69, 9.17) is 9.47 Å². The van der Waals surface area contributed by atoms with Gasteiger partial charge in [-0.05, 0) is 317 Å². The number of allylic oxidation sites excluding steroid dienone is 10. The molecule has 604 valence electrons. The lowest BCUT2D eigenvalue weighted by atomic mass is 9.33. The summed E-state index contributed by atoms with van der Waals surface area (Å²) in [6.07, 6.45) is 31.9. The molecule has 19 heteroatoms. The van der Waals surface area contributed by atoms with Crippen molar-refractivity contribution >= 4 is 29.8 Å². The van der Waals surface area contributed by atoms with Gasteiger partial charge in [0.15, 0.2) is 12.2 Å². The minimum absolute atomic E-state index is 0.0313. The Kier molecular flexibility index (Phi) is 21.7. The number of hydrogen-bond donors (Lipinski definition) is 9. The monoisotopic (exact) mass is 1530 g/mol. The first-order valence-electron chi connectivity index (χ1n) is 41.8. The Morgan fingerprint density at radius 1 is 0.514 bits per heavy atom. The van der Waals surface area contributed by atoms with E-state index in [1.54, 1.807) is 18.3 Å². The number of aromatic nitrogens is 2. The molecule has 0 saturated heterocycles. The van der Waals surface area contributed by atoms with Crippen molar-refractivity contribution in [2.24, 2.45) is 113 Å². The molecule has 0 radical (unpaired) electrons. The van der Waals surface area contributed by atoms with E-state index >= 15 is 0 Å². The molecule has 0 spiro atoms. The van der Waals surface area contributed by atoms with Gasteiger partial charge in [0.05, 0.1) is 0 Å². The second-order valence-corrected chi connectivity index (χ2v) is 40.0. The van der Waals surface area contributed by atoms with Gasteiger partial charge in [0.2, 0.25) is 11.8 Å². The molecular formula is C92H127N5O14. The third-order valence-electron chi connectivity index (χ3n) is 34.8. The summed E-state index contributed by atoms with van der Waals surface area (Å²) in [4.78, 5) is 68.7. The Balaban J connectivity index is 0.000000195. The second-order valence-electron chi connectivity index (χ2n) is 40.0. The van der Waals surface area contributed by atoms with Gasteiger partial charge < -0.3 is 55.9 Å². The number of aliphatic hydroxyl groups is 2. The molecule has 8 saturated carbocycles. The molecule has 0 aromatic carbocycles.